The number of thioether (sulfide) groups is 1. The lowest BCUT2D eigenvalue weighted by Crippen LogP contribution is -2.48. The first-order chi connectivity index (χ1) is 19.3. The van der Waals surface area contributed by atoms with E-state index in [0.717, 1.165) is 49.7 Å². The summed E-state index contributed by atoms with van der Waals surface area (Å²) < 4.78 is 12.9. The monoisotopic (exact) mass is 581 g/mol. The van der Waals surface area contributed by atoms with Crippen molar-refractivity contribution in [1.82, 2.24) is 14.4 Å². The number of benzene rings is 1. The van der Waals surface area contributed by atoms with Crippen molar-refractivity contribution in [2.24, 2.45) is 0 Å². The van der Waals surface area contributed by atoms with Gasteiger partial charge in [-0.1, -0.05) is 37.0 Å². The second-order valence-corrected chi connectivity index (χ2v) is 11.3. The summed E-state index contributed by atoms with van der Waals surface area (Å²) in [5.74, 6) is 1.86. The lowest BCUT2D eigenvalue weighted by molar-refractivity contribution is -0.122. The van der Waals surface area contributed by atoms with Crippen LogP contribution in [0.2, 0.25) is 0 Å². The van der Waals surface area contributed by atoms with Gasteiger partial charge in [-0.25, -0.2) is 0 Å². The summed E-state index contributed by atoms with van der Waals surface area (Å²) in [6.45, 7) is 10.9. The third-order valence-corrected chi connectivity index (χ3v) is 8.88. The topological polar surface area (TPSA) is 91.0 Å². The first-order valence-corrected chi connectivity index (χ1v) is 14.6. The number of nitrogens with zero attached hydrogens (tertiary/aromatic N) is 5. The van der Waals surface area contributed by atoms with E-state index in [2.05, 4.69) is 22.8 Å². The Morgan fingerprint density at radius 2 is 1.77 bits per heavy atom. The maximum absolute atomic E-state index is 13.6. The van der Waals surface area contributed by atoms with Gasteiger partial charge in [-0.15, -0.1) is 0 Å². The molecule has 212 valence electrons. The SMILES string of the molecule is CCN1CCN(c2c(/C=C3\SC(=S)N(CCc4ccc(OC)c(OC)c4)C3=O)c(C)c(C#N)c(=O)n2CC)CC1. The highest BCUT2D eigenvalue weighted by molar-refractivity contribution is 8.26. The number of carbonyl (C=O) groups excluding carboxylic acids is 1. The molecule has 1 amide bonds. The van der Waals surface area contributed by atoms with E-state index in [-0.39, 0.29) is 17.0 Å². The van der Waals surface area contributed by atoms with Crippen molar-refractivity contribution in [2.45, 2.75) is 33.7 Å². The second kappa shape index (κ2) is 12.9. The minimum Gasteiger partial charge on any atom is -0.493 e. The number of nitriles is 1. The fourth-order valence-corrected chi connectivity index (χ4v) is 6.45. The molecule has 0 bridgehead atoms. The van der Waals surface area contributed by atoms with E-state index in [9.17, 15) is 14.9 Å². The average molecular weight is 582 g/mol. The fraction of sp³-hybridized carbons (Fsp3) is 0.448. The van der Waals surface area contributed by atoms with Crippen LogP contribution in [0.5, 0.6) is 11.5 Å². The van der Waals surface area contributed by atoms with Gasteiger partial charge in [0.25, 0.3) is 11.5 Å². The number of thiocarbonyl (C=S) groups is 1. The predicted molar refractivity (Wildman–Crippen MR) is 163 cm³/mol. The number of carbonyl (C=O) groups is 1. The number of methoxy groups -OCH3 is 2. The van der Waals surface area contributed by atoms with E-state index >= 15 is 0 Å². The molecule has 0 aliphatic carbocycles. The molecule has 2 fully saturated rings. The van der Waals surface area contributed by atoms with Crippen LogP contribution in [0.1, 0.15) is 36.1 Å². The van der Waals surface area contributed by atoms with Gasteiger partial charge in [0.2, 0.25) is 0 Å². The molecule has 1 aromatic heterocycles. The van der Waals surface area contributed by atoms with Gasteiger partial charge in [-0.3, -0.25) is 19.1 Å². The number of piperazine rings is 1. The lowest BCUT2D eigenvalue weighted by Gasteiger charge is -2.37. The van der Waals surface area contributed by atoms with Gasteiger partial charge in [-0.05, 0) is 56.1 Å². The highest BCUT2D eigenvalue weighted by Crippen LogP contribution is 2.36. The van der Waals surface area contributed by atoms with Crippen LogP contribution >= 0.6 is 24.0 Å². The second-order valence-electron chi connectivity index (χ2n) is 9.59. The summed E-state index contributed by atoms with van der Waals surface area (Å²) in [7, 11) is 3.18. The first kappa shape index (κ1) is 29.6. The average Bonchev–Trinajstić information content (AvgIpc) is 3.24. The van der Waals surface area contributed by atoms with Gasteiger partial charge in [0, 0.05) is 44.8 Å². The summed E-state index contributed by atoms with van der Waals surface area (Å²) in [5, 5.41) is 9.83. The Hall–Kier alpha value is -3.33. The van der Waals surface area contributed by atoms with Crippen LogP contribution < -0.4 is 19.9 Å². The quantitative estimate of drug-likeness (QED) is 0.325. The molecule has 0 atom stereocenters. The number of hydrogen-bond acceptors (Lipinski definition) is 9. The van der Waals surface area contributed by atoms with Crippen LogP contribution in [0.3, 0.4) is 0 Å². The molecule has 11 heteroatoms. The summed E-state index contributed by atoms with van der Waals surface area (Å²) in [6, 6.07) is 7.79. The van der Waals surface area contributed by atoms with Crippen molar-refractivity contribution in [3.05, 3.63) is 55.7 Å². The number of anilines is 1. The zero-order chi connectivity index (χ0) is 29.0. The van der Waals surface area contributed by atoms with E-state index < -0.39 is 0 Å². The standard InChI is InChI=1S/C29H35N5O4S2/c1-6-31-12-14-32(15-13-31)26-21(19(3)22(18-30)27(35)33(26)7-2)17-25-28(36)34(29(39)40-25)11-10-20-8-9-23(37-4)24(16-20)38-5/h8-9,16-17H,6-7,10-15H2,1-5H3/b25-17-. The van der Waals surface area contributed by atoms with Crippen LogP contribution in [0.4, 0.5) is 5.82 Å². The van der Waals surface area contributed by atoms with Gasteiger partial charge < -0.3 is 19.3 Å². The van der Waals surface area contributed by atoms with Gasteiger partial charge in [0.1, 0.15) is 21.8 Å². The lowest BCUT2D eigenvalue weighted by atomic mass is 10.0. The zero-order valence-corrected chi connectivity index (χ0v) is 25.3. The number of pyridine rings is 1. The molecule has 2 aliphatic rings. The van der Waals surface area contributed by atoms with Crippen LogP contribution in [-0.2, 0) is 17.8 Å². The summed E-state index contributed by atoms with van der Waals surface area (Å²) in [5.41, 5.74) is 2.11. The molecule has 40 heavy (non-hydrogen) atoms. The number of aromatic nitrogens is 1. The minimum atomic E-state index is -0.296. The normalized spacial score (nSPS) is 17.1. The first-order valence-electron chi connectivity index (χ1n) is 13.4. The maximum Gasteiger partial charge on any atom is 0.270 e. The van der Waals surface area contributed by atoms with Crippen molar-refractivity contribution in [2.75, 3.05) is 58.4 Å². The molecule has 2 aromatic rings. The van der Waals surface area contributed by atoms with Crippen LogP contribution in [0, 0.1) is 18.3 Å². The highest BCUT2D eigenvalue weighted by Gasteiger charge is 2.33. The van der Waals surface area contributed by atoms with Crippen molar-refractivity contribution in [3.8, 4) is 17.6 Å². The summed E-state index contributed by atoms with van der Waals surface area (Å²) in [6.07, 6.45) is 2.41. The molecule has 0 saturated carbocycles. The molecule has 9 nitrogen and oxygen atoms in total. The number of rotatable bonds is 9. The Bertz CT molecular complexity index is 1440. The van der Waals surface area contributed by atoms with E-state index in [1.54, 1.807) is 30.6 Å². The third-order valence-electron chi connectivity index (χ3n) is 7.50. The molecular weight excluding hydrogens is 546 g/mol. The highest BCUT2D eigenvalue weighted by atomic mass is 32.2. The molecule has 3 heterocycles. The van der Waals surface area contributed by atoms with Crippen molar-refractivity contribution < 1.29 is 14.3 Å². The molecule has 0 unspecified atom stereocenters. The van der Waals surface area contributed by atoms with Crippen LogP contribution in [-0.4, -0.2) is 78.1 Å². The Morgan fingerprint density at radius 3 is 2.38 bits per heavy atom. The molecule has 4 rings (SSSR count). The molecule has 0 spiro atoms. The number of amides is 1. The Morgan fingerprint density at radius 1 is 1.07 bits per heavy atom. The fourth-order valence-electron chi connectivity index (χ4n) is 5.16. The van der Waals surface area contributed by atoms with Gasteiger partial charge in [-0.2, -0.15) is 5.26 Å². The molecule has 1 aromatic carbocycles. The van der Waals surface area contributed by atoms with E-state index in [1.807, 2.05) is 31.2 Å². The van der Waals surface area contributed by atoms with E-state index in [1.165, 1.54) is 11.8 Å². The Balaban J connectivity index is 1.67. The molecule has 2 aliphatic heterocycles. The Labute approximate surface area is 244 Å². The third kappa shape index (κ3) is 5.75. The van der Waals surface area contributed by atoms with Gasteiger partial charge >= 0.3 is 0 Å². The van der Waals surface area contributed by atoms with Crippen LogP contribution in [0.25, 0.3) is 6.08 Å². The van der Waals surface area contributed by atoms with E-state index in [0.29, 0.717) is 45.8 Å². The van der Waals surface area contributed by atoms with E-state index in [4.69, 9.17) is 21.7 Å². The van der Waals surface area contributed by atoms with Crippen molar-refractivity contribution >= 4 is 46.1 Å². The Kier molecular flexibility index (Phi) is 9.56. The summed E-state index contributed by atoms with van der Waals surface area (Å²) >= 11 is 6.86. The smallest absolute Gasteiger partial charge is 0.270 e. The van der Waals surface area contributed by atoms with Gasteiger partial charge in [0.15, 0.2) is 11.5 Å². The number of hydrogen-bond donors (Lipinski definition) is 0. The molecule has 2 saturated heterocycles. The minimum absolute atomic E-state index is 0.105. The zero-order valence-electron chi connectivity index (χ0n) is 23.7. The largest absolute Gasteiger partial charge is 0.493 e. The number of likely N-dealkylation sites (N-methyl/N-ethyl adjacent to an activating group) is 1. The van der Waals surface area contributed by atoms with Gasteiger partial charge in [0.05, 0.1) is 19.1 Å². The van der Waals surface area contributed by atoms with Crippen molar-refractivity contribution in [3.63, 3.8) is 0 Å². The van der Waals surface area contributed by atoms with Crippen LogP contribution in [0.15, 0.2) is 27.9 Å². The molecular formula is C29H35N5O4S2. The molecule has 0 radical (unpaired) electrons. The molecule has 0 N–H and O–H groups in total. The predicted octanol–water partition coefficient (Wildman–Crippen LogP) is 3.65. The maximum atomic E-state index is 13.6. The number of ether oxygens (including phenoxy) is 2. The van der Waals surface area contributed by atoms with Crippen molar-refractivity contribution in [1.29, 1.82) is 5.26 Å². The summed E-state index contributed by atoms with van der Waals surface area (Å²) in [4.78, 5) is 33.5.